The number of aryl methyl sites for hydroxylation is 2. The minimum Gasteiger partial charge on any atom is -0.537 e. The van der Waals surface area contributed by atoms with Gasteiger partial charge in [0.15, 0.2) is 11.6 Å². The van der Waals surface area contributed by atoms with Crippen LogP contribution >= 0.6 is 58.9 Å². The number of fused-ring (bicyclic) bond motifs is 2. The summed E-state index contributed by atoms with van der Waals surface area (Å²) in [6.45, 7) is 4.02. The number of benzene rings is 4. The lowest BCUT2D eigenvalue weighted by atomic mass is 10.0. The van der Waals surface area contributed by atoms with Crippen molar-refractivity contribution in [2.45, 2.75) is 39.8 Å². The average molecular weight is 1300 g/mol. The normalized spacial score (nSPS) is 13.0. The summed E-state index contributed by atoms with van der Waals surface area (Å²) in [7, 11) is -4.32. The van der Waals surface area contributed by atoms with E-state index in [0.717, 1.165) is 11.1 Å². The molecule has 82 heavy (non-hydrogen) atoms. The second-order valence-electron chi connectivity index (χ2n) is 17.7. The molecular weight excluding hydrogens is 1250 g/mol. The van der Waals surface area contributed by atoms with Gasteiger partial charge in [-0.25, -0.2) is 8.78 Å². The van der Waals surface area contributed by atoms with Crippen LogP contribution in [0.15, 0.2) is 136 Å². The molecular formula is C52H53BBrCl2F2N10O10P2S2. The maximum Gasteiger partial charge on any atom is 0.569 e. The van der Waals surface area contributed by atoms with E-state index in [2.05, 4.69) is 45.8 Å². The number of nitrogens with one attached hydrogen (secondary N) is 2. The Kier molecular flexibility index (Phi) is 22.3. The monoisotopic (exact) mass is 1300 g/mol. The van der Waals surface area contributed by atoms with Gasteiger partial charge in [0.05, 0.1) is 30.1 Å². The quantitative estimate of drug-likeness (QED) is 0.0731. The molecule has 431 valence electrons. The first-order valence-electron chi connectivity index (χ1n) is 23.9. The number of nitrogens with zero attached hydrogens (tertiary/aromatic N) is 8. The lowest BCUT2D eigenvalue weighted by molar-refractivity contribution is 0.385. The molecule has 30 heteroatoms. The van der Waals surface area contributed by atoms with Crippen LogP contribution in [0, 0.1) is 25.5 Å². The Morgan fingerprint density at radius 1 is 0.646 bits per heavy atom. The van der Waals surface area contributed by atoms with E-state index in [1.807, 2.05) is 26.0 Å². The van der Waals surface area contributed by atoms with Crippen LogP contribution < -0.4 is 34.7 Å². The molecule has 0 spiro atoms. The van der Waals surface area contributed by atoms with Crippen LogP contribution in [0.2, 0.25) is 10.0 Å². The Morgan fingerprint density at radius 3 is 1.57 bits per heavy atom. The average Bonchev–Trinajstić information content (AvgIpc) is 3.60. The summed E-state index contributed by atoms with van der Waals surface area (Å²) in [5.41, 5.74) is 4.85. The number of hydrogen-bond acceptors (Lipinski definition) is 14. The molecule has 0 saturated carbocycles. The van der Waals surface area contributed by atoms with E-state index in [1.165, 1.54) is 92.9 Å². The second kappa shape index (κ2) is 28.2. The fourth-order valence-corrected chi connectivity index (χ4v) is 12.0. The van der Waals surface area contributed by atoms with E-state index in [-0.39, 0.29) is 109 Å². The molecule has 4 aromatic carbocycles. The van der Waals surface area contributed by atoms with Gasteiger partial charge in [-0.05, 0) is 124 Å². The molecule has 0 bridgehead atoms. The molecule has 2 unspecified atom stereocenters. The van der Waals surface area contributed by atoms with E-state index in [4.69, 9.17) is 42.4 Å². The maximum atomic E-state index is 15.5. The number of hydrogen-bond donors (Lipinski definition) is 3. The second-order valence-corrected chi connectivity index (χ2v) is 22.8. The summed E-state index contributed by atoms with van der Waals surface area (Å²) in [6.07, 6.45) is 3.34. The molecule has 0 fully saturated rings. The van der Waals surface area contributed by atoms with Crippen molar-refractivity contribution in [1.29, 1.82) is 0 Å². The van der Waals surface area contributed by atoms with Crippen molar-refractivity contribution in [1.82, 2.24) is 38.1 Å². The van der Waals surface area contributed by atoms with Gasteiger partial charge in [0.1, 0.15) is 28.9 Å². The predicted octanol–water partition coefficient (Wildman–Crippen LogP) is 8.04. The summed E-state index contributed by atoms with van der Waals surface area (Å²) in [4.78, 5) is 25.7. The molecule has 2 aliphatic heterocycles. The van der Waals surface area contributed by atoms with Gasteiger partial charge in [0.2, 0.25) is 0 Å². The zero-order valence-corrected chi connectivity index (χ0v) is 51.7. The van der Waals surface area contributed by atoms with Gasteiger partial charge in [-0.15, -0.1) is 10.2 Å². The van der Waals surface area contributed by atoms with Crippen molar-refractivity contribution in [2.75, 3.05) is 36.8 Å². The summed E-state index contributed by atoms with van der Waals surface area (Å²) >= 11 is 15.0. The van der Waals surface area contributed by atoms with Gasteiger partial charge in [0.25, 0.3) is 11.1 Å². The fourth-order valence-electron chi connectivity index (χ4n) is 8.80. The largest absolute Gasteiger partial charge is 0.569 e. The van der Waals surface area contributed by atoms with Crippen LogP contribution in [0.25, 0.3) is 22.5 Å². The third-order valence-electron chi connectivity index (χ3n) is 12.3. The minimum atomic E-state index is -3.93. The number of pyridine rings is 2. The molecule has 0 amide bonds. The topological polar surface area (TPSA) is 242 Å². The Bertz CT molecular complexity index is 3930. The molecule has 10 rings (SSSR count). The van der Waals surface area contributed by atoms with Gasteiger partial charge >= 0.3 is 28.1 Å². The Hall–Kier alpha value is -6.44. The maximum absolute atomic E-state index is 15.5. The van der Waals surface area contributed by atoms with Crippen LogP contribution in [0.4, 0.5) is 20.4 Å². The third kappa shape index (κ3) is 15.4. The standard InChI is InChI=1S/C26H23ClFN5O4S.C19H17BrFN5O4S.C7H7BClO2.2H3P/c1-16-10-18(12-19(27)11-16)20-13-24(37-2)23(14-21(20)28)33-22-7-9-32(15-17(22)5-6-26(33)34)38(35,36)31-25-4-3-8-29-30-25;1-30-17-9-13(20)14(21)10-16(17)26-15-6-8-25(11-12(15)4-5-19(26)27)31(28,29)24-18-3-2-7-22-23-18;1-5-2-6(9)4-7(3-5)11-8-10;;/h3-6,8,10-14H,7,9,15H2,1-2H3,(H,30,31);2-5,7,9-10H,6,8,11H2,1H3,(H,23,24);2-4,10H,1H3;2*1H3. The van der Waals surface area contributed by atoms with Crippen LogP contribution in [0.5, 0.6) is 17.2 Å². The third-order valence-corrected chi connectivity index (χ3v) is 16.2. The lowest BCUT2D eigenvalue weighted by Crippen LogP contribution is -2.41. The summed E-state index contributed by atoms with van der Waals surface area (Å²) in [6, 6.07) is 27.9. The number of methoxy groups -OCH3 is 2. The lowest BCUT2D eigenvalue weighted by Gasteiger charge is -2.30. The smallest absolute Gasteiger partial charge is 0.537 e. The number of halogens is 5. The Labute approximate surface area is 496 Å². The highest BCUT2D eigenvalue weighted by Gasteiger charge is 2.32. The molecule has 4 aromatic heterocycles. The van der Waals surface area contributed by atoms with E-state index in [1.54, 1.807) is 48.5 Å². The molecule has 20 nitrogen and oxygen atoms in total. The predicted molar refractivity (Wildman–Crippen MR) is 324 cm³/mol. The van der Waals surface area contributed by atoms with Crippen LogP contribution in [-0.2, 0) is 46.3 Å². The van der Waals surface area contributed by atoms with Gasteiger partial charge in [0, 0.05) is 103 Å². The summed E-state index contributed by atoms with van der Waals surface area (Å²) in [5.74, 6) is 0.231. The Morgan fingerprint density at radius 2 is 1.12 bits per heavy atom. The van der Waals surface area contributed by atoms with Crippen molar-refractivity contribution < 1.29 is 44.8 Å². The highest BCUT2D eigenvalue weighted by molar-refractivity contribution is 9.10. The minimum absolute atomic E-state index is 0. The SMILES string of the molecule is COc1cc(-c2cc(C)cc(Cl)c2)c(F)cc1-n1c2c(ccc1=O)CN(S(=O)(=O)Nc1cccnn1)CC2.COc1cc(Br)c(F)cc1-n1c2c(ccc1=O)CN(S(=O)(=O)Nc1cccnn1)CC2.Cc1cc(Cl)cc(O[B]O)c1.P.P. The highest BCUT2D eigenvalue weighted by Crippen LogP contribution is 2.36. The first-order chi connectivity index (χ1) is 38.2. The highest BCUT2D eigenvalue weighted by atomic mass is 79.9. The van der Waals surface area contributed by atoms with E-state index >= 15 is 4.39 Å². The molecule has 6 heterocycles. The van der Waals surface area contributed by atoms with Gasteiger partial charge in [-0.3, -0.25) is 28.2 Å². The molecule has 0 saturated heterocycles. The molecule has 3 N–H and O–H groups in total. The number of anilines is 2. The van der Waals surface area contributed by atoms with Crippen molar-refractivity contribution in [3.05, 3.63) is 202 Å². The van der Waals surface area contributed by atoms with Crippen LogP contribution in [0.1, 0.15) is 33.6 Å². The summed E-state index contributed by atoms with van der Waals surface area (Å²) < 4.78 is 107. The van der Waals surface area contributed by atoms with Crippen LogP contribution in [0.3, 0.4) is 0 Å². The zero-order valence-electron chi connectivity index (χ0n) is 44.2. The van der Waals surface area contributed by atoms with Crippen molar-refractivity contribution in [3.63, 3.8) is 0 Å². The fraction of sp³-hybridized carbons (Fsp3) is 0.192. The van der Waals surface area contributed by atoms with Crippen molar-refractivity contribution in [2.24, 2.45) is 0 Å². The molecule has 8 aromatic rings. The molecule has 2 aliphatic rings. The molecule has 0 aliphatic carbocycles. The summed E-state index contributed by atoms with van der Waals surface area (Å²) in [5, 5.41) is 24.2. The Balaban J connectivity index is 0.000000221. The van der Waals surface area contributed by atoms with Crippen molar-refractivity contribution in [3.8, 4) is 39.8 Å². The number of aromatic nitrogens is 6. The molecule has 2 atom stereocenters. The zero-order chi connectivity index (χ0) is 57.5. The van der Waals surface area contributed by atoms with E-state index in [9.17, 15) is 30.8 Å². The van der Waals surface area contributed by atoms with Gasteiger partial charge in [-0.1, -0.05) is 41.4 Å². The number of ether oxygens (including phenoxy) is 2. The van der Waals surface area contributed by atoms with E-state index < -0.39 is 32.1 Å². The first-order valence-corrected chi connectivity index (χ1v) is 28.3. The first kappa shape index (κ1) is 64.7. The van der Waals surface area contributed by atoms with Gasteiger partial charge < -0.3 is 19.2 Å². The number of rotatable bonds is 13. The van der Waals surface area contributed by atoms with Crippen molar-refractivity contribution >= 4 is 98.7 Å². The van der Waals surface area contributed by atoms with E-state index in [0.29, 0.717) is 57.3 Å². The molecule has 1 radical (unpaired) electrons. The van der Waals surface area contributed by atoms with Crippen LogP contribution in [-0.4, -0.2) is 95.0 Å². The van der Waals surface area contributed by atoms with Gasteiger partial charge in [-0.2, -0.15) is 55.4 Å².